The van der Waals surface area contributed by atoms with Crippen molar-refractivity contribution in [1.29, 1.82) is 0 Å². The van der Waals surface area contributed by atoms with Gasteiger partial charge in [0, 0.05) is 0 Å². The highest BCUT2D eigenvalue weighted by atomic mass is 16.5. The van der Waals surface area contributed by atoms with Gasteiger partial charge in [0.05, 0.1) is 26.1 Å². The molecule has 0 aliphatic carbocycles. The van der Waals surface area contributed by atoms with Gasteiger partial charge in [0.15, 0.2) is 5.69 Å². The fourth-order valence-electron chi connectivity index (χ4n) is 1.28. The third kappa shape index (κ3) is 4.80. The lowest BCUT2D eigenvalue weighted by Gasteiger charge is -2.06. The van der Waals surface area contributed by atoms with Crippen molar-refractivity contribution < 1.29 is 14.3 Å². The highest BCUT2D eigenvalue weighted by Crippen LogP contribution is 2.07. The summed E-state index contributed by atoms with van der Waals surface area (Å²) in [5.41, 5.74) is 0.175. The zero-order valence-electron chi connectivity index (χ0n) is 10.5. The van der Waals surface area contributed by atoms with Crippen LogP contribution in [0.15, 0.2) is 12.4 Å². The Kier molecular flexibility index (Phi) is 5.39. The van der Waals surface area contributed by atoms with Gasteiger partial charge in [-0.05, 0) is 18.8 Å². The number of carbonyl (C=O) groups is 1. The lowest BCUT2D eigenvalue weighted by atomic mass is 10.1. The first-order chi connectivity index (χ1) is 8.13. The van der Waals surface area contributed by atoms with Gasteiger partial charge in [0.25, 0.3) is 0 Å². The molecule has 0 aliphatic heterocycles. The monoisotopic (exact) mass is 238 g/mol. The van der Waals surface area contributed by atoms with Gasteiger partial charge in [-0.2, -0.15) is 0 Å². The van der Waals surface area contributed by atoms with E-state index in [0.717, 1.165) is 12.8 Å². The van der Waals surface area contributed by atoms with Crippen LogP contribution in [0.1, 0.15) is 37.2 Å². The molecule has 0 aliphatic rings. The van der Waals surface area contributed by atoms with Gasteiger partial charge in [-0.25, -0.2) is 9.78 Å². The Balaban J connectivity index is 2.41. The fraction of sp³-hybridized carbons (Fsp3) is 0.583. The molecule has 1 rings (SSSR count). The smallest absolute Gasteiger partial charge is 0.358 e. The second-order valence-corrected chi connectivity index (χ2v) is 4.12. The lowest BCUT2D eigenvalue weighted by Crippen LogP contribution is -2.10. The zero-order chi connectivity index (χ0) is 12.7. The standard InChI is InChI=1S/C12H18N2O3/c1-9(2)5-4-6-17-12(15)10-7-13-8-11(14-10)16-3/h7-9H,4-6H2,1-3H3. The Morgan fingerprint density at radius 3 is 2.82 bits per heavy atom. The Morgan fingerprint density at radius 2 is 2.18 bits per heavy atom. The normalized spacial score (nSPS) is 10.4. The van der Waals surface area contributed by atoms with Gasteiger partial charge in [-0.3, -0.25) is 4.98 Å². The van der Waals surface area contributed by atoms with E-state index in [1.807, 2.05) is 0 Å². The maximum atomic E-state index is 11.6. The molecule has 0 spiro atoms. The van der Waals surface area contributed by atoms with Crippen LogP contribution in [0.5, 0.6) is 5.88 Å². The summed E-state index contributed by atoms with van der Waals surface area (Å²) >= 11 is 0. The number of carbonyl (C=O) groups excluding carboxylic acids is 1. The number of hydrogen-bond acceptors (Lipinski definition) is 5. The molecule has 1 aromatic rings. The van der Waals surface area contributed by atoms with Crippen molar-refractivity contribution in [2.75, 3.05) is 13.7 Å². The van der Waals surface area contributed by atoms with Crippen LogP contribution in [0, 0.1) is 5.92 Å². The molecule has 1 heterocycles. The Morgan fingerprint density at radius 1 is 1.41 bits per heavy atom. The number of rotatable bonds is 6. The van der Waals surface area contributed by atoms with Gasteiger partial charge >= 0.3 is 5.97 Å². The molecule has 0 amide bonds. The summed E-state index contributed by atoms with van der Waals surface area (Å²) < 4.78 is 9.96. The fourth-order valence-corrected chi connectivity index (χ4v) is 1.28. The van der Waals surface area contributed by atoms with Gasteiger partial charge < -0.3 is 9.47 Å². The van der Waals surface area contributed by atoms with Crippen molar-refractivity contribution in [3.8, 4) is 5.88 Å². The van der Waals surface area contributed by atoms with E-state index in [9.17, 15) is 4.79 Å². The summed E-state index contributed by atoms with van der Waals surface area (Å²) in [5, 5.41) is 0. The van der Waals surface area contributed by atoms with E-state index in [2.05, 4.69) is 23.8 Å². The average molecular weight is 238 g/mol. The zero-order valence-corrected chi connectivity index (χ0v) is 10.5. The van der Waals surface area contributed by atoms with E-state index in [1.54, 1.807) is 0 Å². The molecule has 0 saturated carbocycles. The van der Waals surface area contributed by atoms with Gasteiger partial charge in [0.2, 0.25) is 5.88 Å². The highest BCUT2D eigenvalue weighted by molar-refractivity contribution is 5.86. The molecule has 0 bridgehead atoms. The Hall–Kier alpha value is -1.65. The third-order valence-electron chi connectivity index (χ3n) is 2.19. The SMILES string of the molecule is COc1cncc(C(=O)OCCCC(C)C)n1. The second kappa shape index (κ2) is 6.83. The summed E-state index contributed by atoms with van der Waals surface area (Å²) in [7, 11) is 1.47. The number of aromatic nitrogens is 2. The van der Waals surface area contributed by atoms with Crippen LogP contribution in [-0.2, 0) is 4.74 Å². The topological polar surface area (TPSA) is 61.3 Å². The van der Waals surface area contributed by atoms with E-state index in [-0.39, 0.29) is 5.69 Å². The van der Waals surface area contributed by atoms with Gasteiger partial charge in [-0.15, -0.1) is 0 Å². The van der Waals surface area contributed by atoms with E-state index >= 15 is 0 Å². The minimum Gasteiger partial charge on any atom is -0.480 e. The quantitative estimate of drug-likeness (QED) is 0.561. The molecular weight excluding hydrogens is 220 g/mol. The minimum atomic E-state index is -0.458. The molecule has 0 radical (unpaired) electrons. The summed E-state index contributed by atoms with van der Waals surface area (Å²) in [6.45, 7) is 4.68. The first-order valence-electron chi connectivity index (χ1n) is 5.66. The van der Waals surface area contributed by atoms with Crippen LogP contribution < -0.4 is 4.74 Å². The molecule has 94 valence electrons. The second-order valence-electron chi connectivity index (χ2n) is 4.12. The molecule has 1 aromatic heterocycles. The van der Waals surface area contributed by atoms with Crippen LogP contribution in [-0.4, -0.2) is 29.7 Å². The van der Waals surface area contributed by atoms with Crippen molar-refractivity contribution in [2.24, 2.45) is 5.92 Å². The predicted molar refractivity (Wildman–Crippen MR) is 62.9 cm³/mol. The van der Waals surface area contributed by atoms with Crippen molar-refractivity contribution >= 4 is 5.97 Å². The Labute approximate surface area is 101 Å². The first-order valence-corrected chi connectivity index (χ1v) is 5.66. The van der Waals surface area contributed by atoms with Crippen molar-refractivity contribution in [1.82, 2.24) is 9.97 Å². The van der Waals surface area contributed by atoms with Gasteiger partial charge in [-0.1, -0.05) is 13.8 Å². The number of methoxy groups -OCH3 is 1. The third-order valence-corrected chi connectivity index (χ3v) is 2.19. The summed E-state index contributed by atoms with van der Waals surface area (Å²) in [5.74, 6) is 0.465. The number of esters is 1. The highest BCUT2D eigenvalue weighted by Gasteiger charge is 2.10. The molecule has 17 heavy (non-hydrogen) atoms. The molecule has 0 saturated heterocycles. The van der Waals surface area contributed by atoms with Crippen molar-refractivity contribution in [2.45, 2.75) is 26.7 Å². The number of ether oxygens (including phenoxy) is 2. The Bertz CT molecular complexity index is 367. The van der Waals surface area contributed by atoms with E-state index in [4.69, 9.17) is 9.47 Å². The first kappa shape index (κ1) is 13.4. The van der Waals surface area contributed by atoms with Crippen LogP contribution >= 0.6 is 0 Å². The van der Waals surface area contributed by atoms with E-state index in [0.29, 0.717) is 18.4 Å². The summed E-state index contributed by atoms with van der Waals surface area (Å²) in [6.07, 6.45) is 4.71. The molecule has 0 atom stereocenters. The van der Waals surface area contributed by atoms with Crippen LogP contribution in [0.4, 0.5) is 0 Å². The summed E-state index contributed by atoms with van der Waals surface area (Å²) in [4.78, 5) is 19.4. The van der Waals surface area contributed by atoms with Crippen LogP contribution in [0.2, 0.25) is 0 Å². The van der Waals surface area contributed by atoms with Crippen LogP contribution in [0.25, 0.3) is 0 Å². The maximum absolute atomic E-state index is 11.6. The number of nitrogens with zero attached hydrogens (tertiary/aromatic N) is 2. The molecular formula is C12H18N2O3. The molecule has 0 N–H and O–H groups in total. The van der Waals surface area contributed by atoms with Crippen molar-refractivity contribution in [3.63, 3.8) is 0 Å². The largest absolute Gasteiger partial charge is 0.480 e. The average Bonchev–Trinajstić information content (AvgIpc) is 2.34. The van der Waals surface area contributed by atoms with E-state index < -0.39 is 5.97 Å². The van der Waals surface area contributed by atoms with E-state index in [1.165, 1.54) is 19.5 Å². The minimum absolute atomic E-state index is 0.175. The van der Waals surface area contributed by atoms with Crippen LogP contribution in [0.3, 0.4) is 0 Å². The molecule has 0 aromatic carbocycles. The van der Waals surface area contributed by atoms with Crippen molar-refractivity contribution in [3.05, 3.63) is 18.1 Å². The molecule has 5 nitrogen and oxygen atoms in total. The lowest BCUT2D eigenvalue weighted by molar-refractivity contribution is 0.0486. The molecule has 0 fully saturated rings. The molecule has 0 unspecified atom stereocenters. The summed E-state index contributed by atoms with van der Waals surface area (Å²) in [6, 6.07) is 0. The predicted octanol–water partition coefficient (Wildman–Crippen LogP) is 2.08. The van der Waals surface area contributed by atoms with Gasteiger partial charge in [0.1, 0.15) is 0 Å². The molecule has 5 heteroatoms. The number of hydrogen-bond donors (Lipinski definition) is 0. The maximum Gasteiger partial charge on any atom is 0.358 e.